The number of carbonyl (C=O) groups excluding carboxylic acids is 1. The monoisotopic (exact) mass is 524 g/mol. The zero-order valence-electron chi connectivity index (χ0n) is 19.3. The van der Waals surface area contributed by atoms with Crippen molar-refractivity contribution in [3.8, 4) is 17.1 Å². The highest BCUT2D eigenvalue weighted by Gasteiger charge is 2.29. The molecule has 34 heavy (non-hydrogen) atoms. The number of carbonyl (C=O) groups is 1. The summed E-state index contributed by atoms with van der Waals surface area (Å²) in [6, 6.07) is 14.1. The Hall–Kier alpha value is -2.71. The summed E-state index contributed by atoms with van der Waals surface area (Å²) in [6.07, 6.45) is 4.77. The van der Waals surface area contributed by atoms with Crippen molar-refractivity contribution in [3.63, 3.8) is 0 Å². The fraction of sp³-hybridized carbons (Fsp3) is 0.423. The third kappa shape index (κ3) is 5.18. The lowest BCUT2D eigenvalue weighted by molar-refractivity contribution is -0.127. The summed E-state index contributed by atoms with van der Waals surface area (Å²) in [5, 5.41) is 7.45. The Morgan fingerprint density at radius 1 is 1.21 bits per heavy atom. The van der Waals surface area contributed by atoms with E-state index in [1.54, 1.807) is 7.11 Å². The lowest BCUT2D eigenvalue weighted by Crippen LogP contribution is -2.41. The van der Waals surface area contributed by atoms with Crippen LogP contribution in [-0.2, 0) is 17.8 Å². The molecule has 1 unspecified atom stereocenters. The van der Waals surface area contributed by atoms with Gasteiger partial charge in [-0.25, -0.2) is 0 Å². The first-order chi connectivity index (χ1) is 16.6. The van der Waals surface area contributed by atoms with E-state index in [0.717, 1.165) is 61.0 Å². The standard InChI is InChI=1S/C26H29BrN4O3/c1-33-21-8-9-22-18(15-21)4-3-7-23(22)28-26(32)17-10-12-31(13-11-17)16-24-29-25(30-34-24)19-5-2-6-20(27)14-19/h2,5-6,8-9,14-15,17,23H,3-4,7,10-13,16H2,1H3,(H,28,32). The number of methoxy groups -OCH3 is 1. The average Bonchev–Trinajstić information content (AvgIpc) is 3.33. The highest BCUT2D eigenvalue weighted by atomic mass is 79.9. The lowest BCUT2D eigenvalue weighted by atomic mass is 9.86. The molecule has 3 aromatic rings. The molecular formula is C26H29BrN4O3. The van der Waals surface area contributed by atoms with Crippen molar-refractivity contribution in [3.05, 3.63) is 64.0 Å². The van der Waals surface area contributed by atoms with Crippen LogP contribution in [0.15, 0.2) is 51.5 Å². The number of nitrogens with one attached hydrogen (secondary N) is 1. The molecule has 0 bridgehead atoms. The molecule has 7 nitrogen and oxygen atoms in total. The van der Waals surface area contributed by atoms with E-state index in [9.17, 15) is 4.79 Å². The maximum absolute atomic E-state index is 13.1. The van der Waals surface area contributed by atoms with Crippen molar-refractivity contribution in [2.45, 2.75) is 44.7 Å². The van der Waals surface area contributed by atoms with Crippen LogP contribution in [0, 0.1) is 5.92 Å². The van der Waals surface area contributed by atoms with Crippen molar-refractivity contribution < 1.29 is 14.1 Å². The van der Waals surface area contributed by atoms with Crippen molar-refractivity contribution in [2.75, 3.05) is 20.2 Å². The fourth-order valence-electron chi connectivity index (χ4n) is 4.97. The number of halogens is 1. The molecule has 8 heteroatoms. The Labute approximate surface area is 208 Å². The largest absolute Gasteiger partial charge is 0.497 e. The molecule has 0 radical (unpaired) electrons. The normalized spacial score (nSPS) is 18.9. The van der Waals surface area contributed by atoms with Gasteiger partial charge in [-0.1, -0.05) is 39.3 Å². The molecule has 1 amide bonds. The number of benzene rings is 2. The first kappa shape index (κ1) is 23.1. The van der Waals surface area contributed by atoms with Gasteiger partial charge in [0.15, 0.2) is 0 Å². The zero-order valence-corrected chi connectivity index (χ0v) is 20.9. The van der Waals surface area contributed by atoms with Crippen LogP contribution in [0.3, 0.4) is 0 Å². The third-order valence-corrected chi connectivity index (χ3v) is 7.34. The van der Waals surface area contributed by atoms with Crippen LogP contribution in [0.25, 0.3) is 11.4 Å². The van der Waals surface area contributed by atoms with Crippen LogP contribution in [-0.4, -0.2) is 41.1 Å². The molecule has 1 atom stereocenters. The van der Waals surface area contributed by atoms with Crippen LogP contribution in [0.2, 0.25) is 0 Å². The van der Waals surface area contributed by atoms with Gasteiger partial charge in [0.1, 0.15) is 5.75 Å². The van der Waals surface area contributed by atoms with Crippen LogP contribution in [0.1, 0.15) is 48.7 Å². The van der Waals surface area contributed by atoms with Crippen LogP contribution in [0.5, 0.6) is 5.75 Å². The molecule has 1 saturated heterocycles. The Morgan fingerprint density at radius 2 is 2.06 bits per heavy atom. The van der Waals surface area contributed by atoms with E-state index in [1.807, 2.05) is 30.3 Å². The fourth-order valence-corrected chi connectivity index (χ4v) is 5.36. The number of aromatic nitrogens is 2. The first-order valence-corrected chi connectivity index (χ1v) is 12.7. The van der Waals surface area contributed by atoms with Crippen LogP contribution >= 0.6 is 15.9 Å². The molecule has 1 aliphatic carbocycles. The topological polar surface area (TPSA) is 80.5 Å². The van der Waals surface area contributed by atoms with Crippen LogP contribution < -0.4 is 10.1 Å². The van der Waals surface area contributed by atoms with Gasteiger partial charge in [-0.2, -0.15) is 4.98 Å². The molecule has 1 aromatic heterocycles. The van der Waals surface area contributed by atoms with E-state index in [-0.39, 0.29) is 17.9 Å². The minimum Gasteiger partial charge on any atom is -0.497 e. The second-order valence-electron chi connectivity index (χ2n) is 9.09. The smallest absolute Gasteiger partial charge is 0.241 e. The molecule has 2 aromatic carbocycles. The van der Waals surface area contributed by atoms with Gasteiger partial charge < -0.3 is 14.6 Å². The Morgan fingerprint density at radius 3 is 2.85 bits per heavy atom. The highest BCUT2D eigenvalue weighted by Crippen LogP contribution is 2.33. The number of amides is 1. The number of likely N-dealkylation sites (tertiary alicyclic amines) is 1. The number of ether oxygens (including phenoxy) is 1. The number of nitrogens with zero attached hydrogens (tertiary/aromatic N) is 3. The number of hydrogen-bond acceptors (Lipinski definition) is 6. The van der Waals surface area contributed by atoms with Gasteiger partial charge in [-0.05, 0) is 80.6 Å². The Balaban J connectivity index is 1.14. The Bertz CT molecular complexity index is 1160. The maximum Gasteiger partial charge on any atom is 0.241 e. The summed E-state index contributed by atoms with van der Waals surface area (Å²) in [5.74, 6) is 2.29. The predicted octanol–water partition coefficient (Wildman–Crippen LogP) is 4.91. The van der Waals surface area contributed by atoms with Crippen molar-refractivity contribution in [2.24, 2.45) is 5.92 Å². The van der Waals surface area contributed by atoms with E-state index in [1.165, 1.54) is 11.1 Å². The van der Waals surface area contributed by atoms with Gasteiger partial charge >= 0.3 is 0 Å². The van der Waals surface area contributed by atoms with Crippen molar-refractivity contribution >= 4 is 21.8 Å². The van der Waals surface area contributed by atoms with Crippen molar-refractivity contribution in [1.29, 1.82) is 0 Å². The van der Waals surface area contributed by atoms with E-state index in [2.05, 4.69) is 48.4 Å². The molecule has 1 fully saturated rings. The van der Waals surface area contributed by atoms with E-state index < -0.39 is 0 Å². The lowest BCUT2D eigenvalue weighted by Gasteiger charge is -2.32. The number of fused-ring (bicyclic) bond motifs is 1. The maximum atomic E-state index is 13.1. The highest BCUT2D eigenvalue weighted by molar-refractivity contribution is 9.10. The molecule has 2 heterocycles. The summed E-state index contributed by atoms with van der Waals surface area (Å²) in [6.45, 7) is 2.28. The molecule has 2 aliphatic rings. The number of hydrogen-bond donors (Lipinski definition) is 1. The summed E-state index contributed by atoms with van der Waals surface area (Å²) in [4.78, 5) is 19.9. The minimum absolute atomic E-state index is 0.0415. The predicted molar refractivity (Wildman–Crippen MR) is 132 cm³/mol. The molecular weight excluding hydrogens is 496 g/mol. The number of aryl methyl sites for hydroxylation is 1. The summed E-state index contributed by atoms with van der Waals surface area (Å²) < 4.78 is 11.8. The molecule has 178 valence electrons. The summed E-state index contributed by atoms with van der Waals surface area (Å²) in [7, 11) is 1.69. The quantitative estimate of drug-likeness (QED) is 0.493. The molecule has 0 spiro atoms. The zero-order chi connectivity index (χ0) is 23.5. The third-order valence-electron chi connectivity index (χ3n) is 6.85. The molecule has 1 aliphatic heterocycles. The molecule has 1 N–H and O–H groups in total. The SMILES string of the molecule is COc1ccc2c(c1)CCCC2NC(=O)C1CCN(Cc2nc(-c3cccc(Br)c3)no2)CC1. The van der Waals surface area contributed by atoms with Crippen LogP contribution in [0.4, 0.5) is 0 Å². The van der Waals surface area contributed by atoms with Gasteiger partial charge in [-0.3, -0.25) is 9.69 Å². The Kier molecular flexibility index (Phi) is 6.97. The molecule has 0 saturated carbocycles. The van der Waals surface area contributed by atoms with Gasteiger partial charge in [0.25, 0.3) is 0 Å². The summed E-state index contributed by atoms with van der Waals surface area (Å²) >= 11 is 3.48. The molecule has 5 rings (SSSR count). The van der Waals surface area contributed by atoms with Gasteiger partial charge in [-0.15, -0.1) is 0 Å². The second-order valence-corrected chi connectivity index (χ2v) is 10.0. The minimum atomic E-state index is 0.0415. The van der Waals surface area contributed by atoms with Gasteiger partial charge in [0.2, 0.25) is 17.6 Å². The van der Waals surface area contributed by atoms with Gasteiger partial charge in [0, 0.05) is 16.0 Å². The van der Waals surface area contributed by atoms with Gasteiger partial charge in [0.05, 0.1) is 19.7 Å². The first-order valence-electron chi connectivity index (χ1n) is 11.9. The van der Waals surface area contributed by atoms with Crippen molar-refractivity contribution in [1.82, 2.24) is 20.4 Å². The second kappa shape index (κ2) is 10.3. The van der Waals surface area contributed by atoms with E-state index in [0.29, 0.717) is 18.3 Å². The summed E-state index contributed by atoms with van der Waals surface area (Å²) in [5.41, 5.74) is 3.44. The van der Waals surface area contributed by atoms with E-state index >= 15 is 0 Å². The number of rotatable bonds is 6. The average molecular weight is 525 g/mol. The van der Waals surface area contributed by atoms with E-state index in [4.69, 9.17) is 9.26 Å². The number of piperidine rings is 1.